The van der Waals surface area contributed by atoms with Gasteiger partial charge in [0.25, 0.3) is 5.91 Å². The Morgan fingerprint density at radius 2 is 2.00 bits per heavy atom. The smallest absolute Gasteiger partial charge is 0.258 e. The predicted molar refractivity (Wildman–Crippen MR) is 60.3 cm³/mol. The second kappa shape index (κ2) is 5.30. The molecule has 1 atom stereocenters. The van der Waals surface area contributed by atoms with Crippen LogP contribution in [-0.2, 0) is 4.79 Å². The summed E-state index contributed by atoms with van der Waals surface area (Å²) in [7, 11) is 0. The van der Waals surface area contributed by atoms with Crippen LogP contribution in [0.2, 0.25) is 0 Å². The van der Waals surface area contributed by atoms with Crippen molar-refractivity contribution in [1.82, 2.24) is 0 Å². The normalized spacial score (nSPS) is 11.9. The number of Topliss-reactive ketones (excluding diaryl/α,β-unsaturated/α-hetero) is 1. The van der Waals surface area contributed by atoms with Crippen molar-refractivity contribution < 1.29 is 14.3 Å². The van der Waals surface area contributed by atoms with E-state index in [1.54, 1.807) is 38.1 Å². The Morgan fingerprint density at radius 1 is 1.38 bits per heavy atom. The van der Waals surface area contributed by atoms with Crippen LogP contribution in [0, 0.1) is 0 Å². The Balaban J connectivity index is 2.95. The molecule has 0 aliphatic rings. The fourth-order valence-electron chi connectivity index (χ4n) is 1.24. The highest BCUT2D eigenvalue weighted by atomic mass is 16.5. The molecule has 2 N–H and O–H groups in total. The summed E-state index contributed by atoms with van der Waals surface area (Å²) in [6.07, 6.45) is -0.350. The molecule has 16 heavy (non-hydrogen) atoms. The van der Waals surface area contributed by atoms with E-state index in [0.717, 1.165) is 0 Å². The lowest BCUT2D eigenvalue weighted by molar-refractivity contribution is -0.124. The fraction of sp³-hybridized carbons (Fsp3) is 0.333. The quantitative estimate of drug-likeness (QED) is 0.766. The van der Waals surface area contributed by atoms with E-state index in [0.29, 0.717) is 17.7 Å². The third kappa shape index (κ3) is 2.82. The molecule has 0 aliphatic carbocycles. The highest BCUT2D eigenvalue weighted by molar-refractivity contribution is 5.98. The number of ether oxygens (including phenoxy) is 1. The van der Waals surface area contributed by atoms with Gasteiger partial charge < -0.3 is 10.5 Å². The van der Waals surface area contributed by atoms with E-state index < -0.39 is 12.0 Å². The first-order chi connectivity index (χ1) is 7.56. The maximum atomic E-state index is 11.6. The number of para-hydroxylation sites is 1. The van der Waals surface area contributed by atoms with Gasteiger partial charge in [0.05, 0.1) is 5.56 Å². The van der Waals surface area contributed by atoms with Crippen LogP contribution in [0.1, 0.15) is 30.6 Å². The van der Waals surface area contributed by atoms with Crippen molar-refractivity contribution in [3.05, 3.63) is 29.8 Å². The van der Waals surface area contributed by atoms with E-state index in [2.05, 4.69) is 0 Å². The molecule has 0 saturated heterocycles. The van der Waals surface area contributed by atoms with Crippen molar-refractivity contribution in [1.29, 1.82) is 0 Å². The van der Waals surface area contributed by atoms with Crippen LogP contribution in [0.5, 0.6) is 5.75 Å². The van der Waals surface area contributed by atoms with Crippen LogP contribution in [-0.4, -0.2) is 17.8 Å². The number of amides is 1. The highest BCUT2D eigenvalue weighted by Gasteiger charge is 2.15. The summed E-state index contributed by atoms with van der Waals surface area (Å²) in [5.41, 5.74) is 5.58. The molecule has 0 bridgehead atoms. The monoisotopic (exact) mass is 221 g/mol. The van der Waals surface area contributed by atoms with E-state index in [9.17, 15) is 9.59 Å². The zero-order valence-electron chi connectivity index (χ0n) is 9.40. The summed E-state index contributed by atoms with van der Waals surface area (Å²) < 4.78 is 5.33. The number of ketones is 1. The molecular formula is C12H15NO3. The molecule has 1 aromatic carbocycles. The molecule has 4 heteroatoms. The molecule has 0 heterocycles. The number of hydrogen-bond acceptors (Lipinski definition) is 3. The molecule has 4 nitrogen and oxygen atoms in total. The van der Waals surface area contributed by atoms with Crippen LogP contribution in [0.25, 0.3) is 0 Å². The fourth-order valence-corrected chi connectivity index (χ4v) is 1.24. The first kappa shape index (κ1) is 12.2. The van der Waals surface area contributed by atoms with Crippen molar-refractivity contribution in [2.24, 2.45) is 5.73 Å². The molecule has 0 spiro atoms. The minimum atomic E-state index is -0.745. The van der Waals surface area contributed by atoms with E-state index in [4.69, 9.17) is 10.5 Å². The molecule has 0 aliphatic heterocycles. The van der Waals surface area contributed by atoms with Gasteiger partial charge in [-0.2, -0.15) is 0 Å². The standard InChI is InChI=1S/C12H15NO3/c1-3-10(14)9-6-4-5-7-11(9)16-8(2)12(13)15/h4-8H,3H2,1-2H3,(H2,13,15). The molecule has 0 aromatic heterocycles. The van der Waals surface area contributed by atoms with E-state index in [-0.39, 0.29) is 5.78 Å². The molecule has 1 amide bonds. The van der Waals surface area contributed by atoms with Gasteiger partial charge in [-0.1, -0.05) is 19.1 Å². The molecule has 0 radical (unpaired) electrons. The van der Waals surface area contributed by atoms with Crippen molar-refractivity contribution >= 4 is 11.7 Å². The van der Waals surface area contributed by atoms with Gasteiger partial charge in [-0.15, -0.1) is 0 Å². The Hall–Kier alpha value is -1.84. The van der Waals surface area contributed by atoms with E-state index in [1.165, 1.54) is 0 Å². The van der Waals surface area contributed by atoms with Crippen LogP contribution in [0.15, 0.2) is 24.3 Å². The molecule has 86 valence electrons. The zero-order valence-corrected chi connectivity index (χ0v) is 9.40. The van der Waals surface area contributed by atoms with Crippen LogP contribution < -0.4 is 10.5 Å². The molecule has 0 fully saturated rings. The number of benzene rings is 1. The second-order valence-corrected chi connectivity index (χ2v) is 3.44. The van der Waals surface area contributed by atoms with Crippen LogP contribution >= 0.6 is 0 Å². The van der Waals surface area contributed by atoms with E-state index >= 15 is 0 Å². The third-order valence-electron chi connectivity index (χ3n) is 2.21. The lowest BCUT2D eigenvalue weighted by Gasteiger charge is -2.13. The van der Waals surface area contributed by atoms with E-state index in [1.807, 2.05) is 0 Å². The van der Waals surface area contributed by atoms with Gasteiger partial charge in [0, 0.05) is 6.42 Å². The molecule has 1 aromatic rings. The maximum absolute atomic E-state index is 11.6. The van der Waals surface area contributed by atoms with Gasteiger partial charge in [0.15, 0.2) is 11.9 Å². The minimum Gasteiger partial charge on any atom is -0.480 e. The van der Waals surface area contributed by atoms with Gasteiger partial charge >= 0.3 is 0 Å². The Morgan fingerprint density at radius 3 is 2.56 bits per heavy atom. The molecular weight excluding hydrogens is 206 g/mol. The van der Waals surface area contributed by atoms with Crippen LogP contribution in [0.4, 0.5) is 0 Å². The summed E-state index contributed by atoms with van der Waals surface area (Å²) >= 11 is 0. The van der Waals surface area contributed by atoms with Gasteiger partial charge in [0.1, 0.15) is 5.75 Å². The Labute approximate surface area is 94.4 Å². The SMILES string of the molecule is CCC(=O)c1ccccc1OC(C)C(N)=O. The summed E-state index contributed by atoms with van der Waals surface area (Å²) in [6, 6.07) is 6.83. The zero-order chi connectivity index (χ0) is 12.1. The Kier molecular flexibility index (Phi) is 4.05. The van der Waals surface area contributed by atoms with Crippen molar-refractivity contribution in [3.8, 4) is 5.75 Å². The number of carbonyl (C=O) groups is 2. The third-order valence-corrected chi connectivity index (χ3v) is 2.21. The van der Waals surface area contributed by atoms with Gasteiger partial charge in [0.2, 0.25) is 0 Å². The lowest BCUT2D eigenvalue weighted by Crippen LogP contribution is -2.31. The van der Waals surface area contributed by atoms with Crippen molar-refractivity contribution in [2.45, 2.75) is 26.4 Å². The number of hydrogen-bond donors (Lipinski definition) is 1. The van der Waals surface area contributed by atoms with Crippen LogP contribution in [0.3, 0.4) is 0 Å². The van der Waals surface area contributed by atoms with Crippen molar-refractivity contribution in [3.63, 3.8) is 0 Å². The summed E-state index contributed by atoms with van der Waals surface area (Å²) in [5, 5.41) is 0. The molecule has 1 rings (SSSR count). The van der Waals surface area contributed by atoms with Gasteiger partial charge in [-0.3, -0.25) is 9.59 Å². The first-order valence-corrected chi connectivity index (χ1v) is 5.14. The summed E-state index contributed by atoms with van der Waals surface area (Å²) in [5.74, 6) is -0.174. The largest absolute Gasteiger partial charge is 0.480 e. The topological polar surface area (TPSA) is 69.4 Å². The first-order valence-electron chi connectivity index (χ1n) is 5.14. The number of rotatable bonds is 5. The minimum absolute atomic E-state index is 0.0210. The number of primary amides is 1. The molecule has 1 unspecified atom stereocenters. The lowest BCUT2D eigenvalue weighted by atomic mass is 10.1. The highest BCUT2D eigenvalue weighted by Crippen LogP contribution is 2.20. The average Bonchev–Trinajstić information content (AvgIpc) is 2.28. The Bertz CT molecular complexity index is 401. The summed E-state index contributed by atoms with van der Waals surface area (Å²) in [6.45, 7) is 3.33. The van der Waals surface area contributed by atoms with Gasteiger partial charge in [-0.25, -0.2) is 0 Å². The predicted octanol–water partition coefficient (Wildman–Crippen LogP) is 1.53. The second-order valence-electron chi connectivity index (χ2n) is 3.44. The maximum Gasteiger partial charge on any atom is 0.258 e. The average molecular weight is 221 g/mol. The van der Waals surface area contributed by atoms with Gasteiger partial charge in [-0.05, 0) is 19.1 Å². The number of carbonyl (C=O) groups excluding carboxylic acids is 2. The van der Waals surface area contributed by atoms with Crippen molar-refractivity contribution in [2.75, 3.05) is 0 Å². The summed E-state index contributed by atoms with van der Waals surface area (Å²) in [4.78, 5) is 22.5. The molecule has 0 saturated carbocycles. The number of nitrogens with two attached hydrogens (primary N) is 1.